The maximum absolute atomic E-state index is 12.8. The van der Waals surface area contributed by atoms with Gasteiger partial charge in [-0.25, -0.2) is 0 Å². The smallest absolute Gasteiger partial charge is 0.311 e. The molecule has 0 heterocycles. The van der Waals surface area contributed by atoms with Gasteiger partial charge in [-0.1, -0.05) is 95.3 Å². The molecule has 2 unspecified atom stereocenters. The van der Waals surface area contributed by atoms with Crippen LogP contribution >= 0.6 is 0 Å². The molecule has 0 saturated heterocycles. The first-order valence-corrected chi connectivity index (χ1v) is 13.6. The molecular formula is C31H48NO3+. The largest absolute Gasteiger partial charge is 0.455 e. The second kappa shape index (κ2) is 15.6. The van der Waals surface area contributed by atoms with Crippen LogP contribution in [0.5, 0.6) is 5.75 Å². The predicted molar refractivity (Wildman–Crippen MR) is 145 cm³/mol. The summed E-state index contributed by atoms with van der Waals surface area (Å²) in [7, 11) is 4.42. The van der Waals surface area contributed by atoms with E-state index >= 15 is 0 Å². The number of unbranched alkanes of at least 4 members (excludes halogenated alkanes) is 5. The van der Waals surface area contributed by atoms with Gasteiger partial charge in [0.25, 0.3) is 0 Å². The van der Waals surface area contributed by atoms with E-state index in [0.29, 0.717) is 6.42 Å². The zero-order chi connectivity index (χ0) is 25.5. The first-order chi connectivity index (χ1) is 16.8. The average molecular weight is 483 g/mol. The number of carbonyl (C=O) groups excluding carboxylic acids is 1. The van der Waals surface area contributed by atoms with Gasteiger partial charge in [0, 0.05) is 18.4 Å². The predicted octanol–water partition coefficient (Wildman–Crippen LogP) is 7.55. The number of hydrogen-bond donors (Lipinski definition) is 0. The second-order valence-corrected chi connectivity index (χ2v) is 10.6. The molecule has 4 nitrogen and oxygen atoms in total. The fourth-order valence-electron chi connectivity index (χ4n) is 4.29. The highest BCUT2D eigenvalue weighted by Gasteiger charge is 2.24. The monoisotopic (exact) mass is 482 g/mol. The molecule has 2 atom stereocenters. The molecule has 0 saturated carbocycles. The normalized spacial score (nSPS) is 13.3. The van der Waals surface area contributed by atoms with Crippen LogP contribution in [0.3, 0.4) is 0 Å². The van der Waals surface area contributed by atoms with Gasteiger partial charge in [-0.2, -0.15) is 0 Å². The number of ether oxygens (including phenoxy) is 2. The topological polar surface area (TPSA) is 35.5 Å². The third kappa shape index (κ3) is 11.8. The molecule has 2 rings (SSSR count). The van der Waals surface area contributed by atoms with Crippen molar-refractivity contribution in [2.45, 2.75) is 91.4 Å². The summed E-state index contributed by atoms with van der Waals surface area (Å²) in [6.45, 7) is 8.04. The van der Waals surface area contributed by atoms with E-state index in [-0.39, 0.29) is 11.9 Å². The minimum atomic E-state index is -0.555. The van der Waals surface area contributed by atoms with Crippen molar-refractivity contribution in [1.82, 2.24) is 0 Å². The Morgan fingerprint density at radius 3 is 2.29 bits per heavy atom. The summed E-state index contributed by atoms with van der Waals surface area (Å²) >= 11 is 0. The second-order valence-electron chi connectivity index (χ2n) is 10.6. The fourth-order valence-corrected chi connectivity index (χ4v) is 4.29. The van der Waals surface area contributed by atoms with Gasteiger partial charge >= 0.3 is 5.97 Å². The molecular weight excluding hydrogens is 434 g/mol. The molecule has 0 amide bonds. The Balaban J connectivity index is 1.78. The Hall–Kier alpha value is -2.33. The Bertz CT molecular complexity index is 849. The summed E-state index contributed by atoms with van der Waals surface area (Å²) in [6, 6.07) is 18.7. The molecule has 2 aromatic rings. The molecule has 0 radical (unpaired) electrons. The maximum atomic E-state index is 12.8. The highest BCUT2D eigenvalue weighted by molar-refractivity contribution is 5.72. The van der Waals surface area contributed by atoms with Crippen LogP contribution in [0, 0.1) is 5.92 Å². The number of carbonyl (C=O) groups is 1. The molecule has 0 aliphatic rings. The van der Waals surface area contributed by atoms with E-state index < -0.39 is 6.29 Å². The first-order valence-electron chi connectivity index (χ1n) is 13.6. The number of esters is 1. The van der Waals surface area contributed by atoms with Gasteiger partial charge in [-0.3, -0.25) is 4.79 Å². The summed E-state index contributed by atoms with van der Waals surface area (Å²) in [5.74, 6) is 0.432. The van der Waals surface area contributed by atoms with E-state index in [1.807, 2.05) is 32.0 Å². The van der Waals surface area contributed by atoms with Crippen molar-refractivity contribution in [3.05, 3.63) is 65.7 Å². The SMILES string of the molecule is CCCCCCCCc1cccc(OC(CC)OC(=O)C(C)CC[N+](C)(C)Cc2ccccc2)c1. The number of rotatable bonds is 17. The Morgan fingerprint density at radius 2 is 1.57 bits per heavy atom. The van der Waals surface area contributed by atoms with Crippen molar-refractivity contribution in [2.24, 2.45) is 5.92 Å². The van der Waals surface area contributed by atoms with Crippen LogP contribution in [0.4, 0.5) is 0 Å². The molecule has 35 heavy (non-hydrogen) atoms. The van der Waals surface area contributed by atoms with Gasteiger partial charge in [0.2, 0.25) is 6.29 Å². The molecule has 0 N–H and O–H groups in total. The first kappa shape index (κ1) is 28.9. The Labute approximate surface area is 214 Å². The summed E-state index contributed by atoms with van der Waals surface area (Å²) in [6.07, 6.45) is 9.67. The number of aryl methyl sites for hydroxylation is 1. The van der Waals surface area contributed by atoms with Gasteiger partial charge in [0.1, 0.15) is 12.3 Å². The van der Waals surface area contributed by atoms with Crippen LogP contribution < -0.4 is 4.74 Å². The summed E-state index contributed by atoms with van der Waals surface area (Å²) in [5.41, 5.74) is 2.59. The molecule has 0 fully saturated rings. The standard InChI is InChI=1S/C31H48NO3/c1-6-8-9-10-11-13-17-27-20-16-21-29(24-27)34-30(7-2)35-31(33)26(3)22-23-32(4,5)25-28-18-14-12-15-19-28/h12,14-16,18-21,24,26,30H,6-11,13,17,22-23,25H2,1-5H3/q+1. The average Bonchev–Trinajstić information content (AvgIpc) is 2.85. The molecule has 0 aliphatic carbocycles. The molecule has 0 spiro atoms. The number of quaternary nitrogens is 1. The van der Waals surface area contributed by atoms with Crippen molar-refractivity contribution >= 4 is 5.97 Å². The Morgan fingerprint density at radius 1 is 0.886 bits per heavy atom. The highest BCUT2D eigenvalue weighted by Crippen LogP contribution is 2.20. The zero-order valence-corrected chi connectivity index (χ0v) is 22.8. The molecule has 2 aromatic carbocycles. The Kier molecular flexibility index (Phi) is 12.9. The lowest BCUT2D eigenvalue weighted by atomic mass is 10.0. The van der Waals surface area contributed by atoms with E-state index in [4.69, 9.17) is 9.47 Å². The zero-order valence-electron chi connectivity index (χ0n) is 22.8. The van der Waals surface area contributed by atoms with Gasteiger partial charge in [-0.15, -0.1) is 0 Å². The summed E-state index contributed by atoms with van der Waals surface area (Å²) in [5, 5.41) is 0. The lowest BCUT2D eigenvalue weighted by Gasteiger charge is -2.31. The lowest BCUT2D eigenvalue weighted by Crippen LogP contribution is -2.41. The number of nitrogens with zero attached hydrogens (tertiary/aromatic N) is 1. The van der Waals surface area contributed by atoms with Gasteiger partial charge < -0.3 is 14.0 Å². The number of hydrogen-bond acceptors (Lipinski definition) is 3. The van der Waals surface area contributed by atoms with Crippen molar-refractivity contribution in [3.63, 3.8) is 0 Å². The van der Waals surface area contributed by atoms with Gasteiger partial charge in [-0.05, 0) is 30.5 Å². The van der Waals surface area contributed by atoms with Gasteiger partial charge in [0.05, 0.1) is 26.6 Å². The number of benzene rings is 2. The van der Waals surface area contributed by atoms with E-state index in [1.54, 1.807) is 0 Å². The molecule has 194 valence electrons. The maximum Gasteiger partial charge on any atom is 0.311 e. The van der Waals surface area contributed by atoms with Crippen molar-refractivity contribution in [1.29, 1.82) is 0 Å². The quantitative estimate of drug-likeness (QED) is 0.101. The molecule has 0 aliphatic heterocycles. The minimum absolute atomic E-state index is 0.167. The van der Waals surface area contributed by atoms with E-state index in [1.165, 1.54) is 49.7 Å². The van der Waals surface area contributed by atoms with E-state index in [0.717, 1.165) is 36.2 Å². The lowest BCUT2D eigenvalue weighted by molar-refractivity contribution is -0.904. The van der Waals surface area contributed by atoms with Crippen LogP contribution in [0.2, 0.25) is 0 Å². The van der Waals surface area contributed by atoms with Crippen LogP contribution in [-0.2, 0) is 22.5 Å². The minimum Gasteiger partial charge on any atom is -0.455 e. The third-order valence-electron chi connectivity index (χ3n) is 6.59. The summed E-state index contributed by atoms with van der Waals surface area (Å²) in [4.78, 5) is 12.8. The van der Waals surface area contributed by atoms with Crippen LogP contribution in [0.15, 0.2) is 54.6 Å². The molecule has 4 heteroatoms. The van der Waals surface area contributed by atoms with E-state index in [2.05, 4.69) is 57.4 Å². The fraction of sp³-hybridized carbons (Fsp3) is 0.581. The molecule has 0 bridgehead atoms. The van der Waals surface area contributed by atoms with E-state index in [9.17, 15) is 4.79 Å². The third-order valence-corrected chi connectivity index (χ3v) is 6.59. The van der Waals surface area contributed by atoms with Crippen molar-refractivity contribution in [2.75, 3.05) is 20.6 Å². The summed E-state index contributed by atoms with van der Waals surface area (Å²) < 4.78 is 12.7. The van der Waals surface area contributed by atoms with Crippen LogP contribution in [0.25, 0.3) is 0 Å². The highest BCUT2D eigenvalue weighted by atomic mass is 16.7. The van der Waals surface area contributed by atoms with Gasteiger partial charge in [0.15, 0.2) is 0 Å². The van der Waals surface area contributed by atoms with Crippen LogP contribution in [-0.4, -0.2) is 37.4 Å². The molecule has 0 aromatic heterocycles. The van der Waals surface area contributed by atoms with Crippen LogP contribution in [0.1, 0.15) is 83.3 Å². The van der Waals surface area contributed by atoms with Crippen molar-refractivity contribution in [3.8, 4) is 5.75 Å². The van der Waals surface area contributed by atoms with Crippen molar-refractivity contribution < 1.29 is 18.8 Å².